The number of morpholine rings is 1. The van der Waals surface area contributed by atoms with E-state index < -0.39 is 11.7 Å². The molecule has 0 bridgehead atoms. The van der Waals surface area contributed by atoms with E-state index in [-0.39, 0.29) is 52.9 Å². The van der Waals surface area contributed by atoms with Crippen molar-refractivity contribution in [1.82, 2.24) is 4.90 Å². The van der Waals surface area contributed by atoms with Gasteiger partial charge in [-0.3, -0.25) is 9.69 Å². The minimum Gasteiger partial charge on any atom is -0.457 e. The summed E-state index contributed by atoms with van der Waals surface area (Å²) in [4.78, 5) is 14.7. The van der Waals surface area contributed by atoms with E-state index in [1.54, 1.807) is 13.8 Å². The van der Waals surface area contributed by atoms with Crippen LogP contribution in [-0.2, 0) is 33.2 Å². The third-order valence-electron chi connectivity index (χ3n) is 16.8. The van der Waals surface area contributed by atoms with Crippen LogP contribution in [0.4, 0.5) is 0 Å². The summed E-state index contributed by atoms with van der Waals surface area (Å²) in [5.74, 6) is 1.54. The van der Waals surface area contributed by atoms with Crippen molar-refractivity contribution >= 4 is 5.97 Å². The normalized spacial score (nSPS) is 51.3. The molecule has 9 nitrogen and oxygen atoms in total. The van der Waals surface area contributed by atoms with Gasteiger partial charge in [0.25, 0.3) is 0 Å². The molecule has 8 rings (SSSR count). The first kappa shape index (κ1) is 35.2. The van der Waals surface area contributed by atoms with E-state index >= 15 is 0 Å². The SMILES string of the molecule is COC1C2OC(C(OC(C)=O)C(C)(C)O)CC(C)C2C2(C)CCC34CC35CCC(OC3CN(C6COC6)CCO3)C(C)(C)C5CCC4C12C. The maximum atomic E-state index is 12.2. The number of methoxy groups -OCH3 is 1. The van der Waals surface area contributed by atoms with Gasteiger partial charge in [-0.05, 0) is 111 Å². The number of fused-ring (bicyclic) bond motifs is 4. The summed E-state index contributed by atoms with van der Waals surface area (Å²) >= 11 is 0. The van der Waals surface area contributed by atoms with Crippen LogP contribution in [0.1, 0.15) is 107 Å². The third kappa shape index (κ3) is 4.83. The molecule has 8 fully saturated rings. The van der Waals surface area contributed by atoms with Gasteiger partial charge in [-0.1, -0.05) is 34.6 Å². The van der Waals surface area contributed by atoms with Crippen molar-refractivity contribution in [1.29, 1.82) is 0 Å². The highest BCUT2D eigenvalue weighted by Gasteiger charge is 2.85. The maximum absolute atomic E-state index is 12.2. The maximum Gasteiger partial charge on any atom is 0.303 e. The fourth-order valence-corrected chi connectivity index (χ4v) is 14.6. The Kier molecular flexibility index (Phi) is 8.34. The summed E-state index contributed by atoms with van der Waals surface area (Å²) < 4.78 is 38.2. The van der Waals surface area contributed by atoms with Gasteiger partial charge in [0.1, 0.15) is 0 Å². The van der Waals surface area contributed by atoms with Gasteiger partial charge >= 0.3 is 5.97 Å². The van der Waals surface area contributed by atoms with Crippen LogP contribution < -0.4 is 0 Å². The van der Waals surface area contributed by atoms with Crippen LogP contribution in [-0.4, -0.2) is 104 Å². The zero-order valence-corrected chi connectivity index (χ0v) is 31.8. The van der Waals surface area contributed by atoms with Crippen LogP contribution >= 0.6 is 0 Å². The molecule has 49 heavy (non-hydrogen) atoms. The second kappa shape index (κ2) is 11.6. The van der Waals surface area contributed by atoms with Crippen LogP contribution in [0.2, 0.25) is 0 Å². The molecule has 3 saturated heterocycles. The van der Waals surface area contributed by atoms with Gasteiger partial charge in [-0.25, -0.2) is 0 Å². The van der Waals surface area contributed by atoms with Crippen LogP contribution in [0.3, 0.4) is 0 Å². The van der Waals surface area contributed by atoms with E-state index in [0.29, 0.717) is 40.5 Å². The molecule has 3 heterocycles. The Hall–Kier alpha value is -0.810. The van der Waals surface area contributed by atoms with Gasteiger partial charge in [0.05, 0.1) is 62.4 Å². The second-order valence-corrected chi connectivity index (χ2v) is 19.6. The molecule has 9 heteroatoms. The summed E-state index contributed by atoms with van der Waals surface area (Å²) in [6, 6.07) is 0.518. The highest BCUT2D eigenvalue weighted by atomic mass is 16.7. The third-order valence-corrected chi connectivity index (χ3v) is 16.8. The average molecular weight is 688 g/mol. The number of carbonyl (C=O) groups excluding carboxylic acids is 1. The van der Waals surface area contributed by atoms with Gasteiger partial charge in [0.15, 0.2) is 12.4 Å². The van der Waals surface area contributed by atoms with Gasteiger partial charge in [-0.15, -0.1) is 0 Å². The molecule has 8 aliphatic rings. The zero-order valence-electron chi connectivity index (χ0n) is 31.8. The Balaban J connectivity index is 1.04. The lowest BCUT2D eigenvalue weighted by atomic mass is 9.41. The van der Waals surface area contributed by atoms with Crippen molar-refractivity contribution in [2.45, 2.75) is 155 Å². The van der Waals surface area contributed by atoms with Gasteiger partial charge in [-0.2, -0.15) is 0 Å². The van der Waals surface area contributed by atoms with Crippen molar-refractivity contribution < 1.29 is 38.3 Å². The molecule has 0 aromatic rings. The molecule has 5 saturated carbocycles. The highest BCUT2D eigenvalue weighted by molar-refractivity contribution is 5.66. The lowest BCUT2D eigenvalue weighted by Gasteiger charge is -2.64. The van der Waals surface area contributed by atoms with E-state index in [2.05, 4.69) is 39.5 Å². The molecule has 3 aliphatic heterocycles. The summed E-state index contributed by atoms with van der Waals surface area (Å²) in [6.07, 6.45) is 8.21. The molecular weight excluding hydrogens is 622 g/mol. The van der Waals surface area contributed by atoms with Gasteiger partial charge in [0, 0.05) is 26.0 Å². The van der Waals surface area contributed by atoms with Crippen molar-refractivity contribution in [2.75, 3.05) is 40.0 Å². The summed E-state index contributed by atoms with van der Waals surface area (Å²) in [6.45, 7) is 21.6. The molecule has 0 amide bonds. The first-order valence-electron chi connectivity index (χ1n) is 19.7. The molecular formula is C40H65NO8. The average Bonchev–Trinajstić information content (AvgIpc) is 3.61. The number of ether oxygens (including phenoxy) is 6. The number of aliphatic hydroxyl groups is 1. The van der Waals surface area contributed by atoms with Crippen LogP contribution in [0, 0.1) is 50.7 Å². The van der Waals surface area contributed by atoms with Crippen molar-refractivity contribution in [2.24, 2.45) is 50.7 Å². The lowest BCUT2D eigenvalue weighted by Crippen LogP contribution is -2.61. The van der Waals surface area contributed by atoms with Crippen LogP contribution in [0.15, 0.2) is 0 Å². The number of carbonyl (C=O) groups is 1. The monoisotopic (exact) mass is 687 g/mol. The highest BCUT2D eigenvalue weighted by Crippen LogP contribution is 2.89. The topological polar surface area (TPSA) is 95.9 Å². The number of esters is 1. The Morgan fingerprint density at radius 3 is 2.39 bits per heavy atom. The molecule has 0 aromatic carbocycles. The first-order chi connectivity index (χ1) is 23.0. The van der Waals surface area contributed by atoms with Gasteiger partial charge in [0.2, 0.25) is 0 Å². The number of rotatable bonds is 7. The van der Waals surface area contributed by atoms with Crippen LogP contribution in [0.5, 0.6) is 0 Å². The van der Waals surface area contributed by atoms with E-state index in [1.165, 1.54) is 45.4 Å². The molecule has 5 aliphatic carbocycles. The summed E-state index contributed by atoms with van der Waals surface area (Å²) in [5, 5.41) is 11.1. The standard InChI is InChI=1S/C40H65NO8/c1-23-18-26(33(36(5,6)43)47-24(2)42)48-32-31(23)37(7)14-15-40-22-39(40)13-12-29(49-30-19-41(16-17-46-30)25-20-45-21-25)35(3,4)27(39)10-11-28(40)38(37,8)34(32)44-9/h23,25-34,43H,10-22H2,1-9H3. The zero-order chi connectivity index (χ0) is 34.9. The van der Waals surface area contributed by atoms with Gasteiger partial charge < -0.3 is 33.5 Å². The molecule has 14 atom stereocenters. The Morgan fingerprint density at radius 1 is 1.02 bits per heavy atom. The summed E-state index contributed by atoms with van der Waals surface area (Å²) in [5.41, 5.74) is -0.384. The minimum atomic E-state index is -1.21. The summed E-state index contributed by atoms with van der Waals surface area (Å²) in [7, 11) is 1.89. The minimum absolute atomic E-state index is 0.0409. The molecule has 278 valence electrons. The lowest BCUT2D eigenvalue weighted by molar-refractivity contribution is -0.256. The molecule has 0 aromatic heterocycles. The van der Waals surface area contributed by atoms with Crippen molar-refractivity contribution in [3.63, 3.8) is 0 Å². The predicted octanol–water partition coefficient (Wildman–Crippen LogP) is 5.60. The molecule has 0 radical (unpaired) electrons. The van der Waals surface area contributed by atoms with E-state index in [0.717, 1.165) is 45.8 Å². The van der Waals surface area contributed by atoms with Crippen molar-refractivity contribution in [3.05, 3.63) is 0 Å². The Labute approximate surface area is 294 Å². The quantitative estimate of drug-likeness (QED) is 0.344. The first-order valence-corrected chi connectivity index (χ1v) is 19.7. The second-order valence-electron chi connectivity index (χ2n) is 19.6. The molecule has 14 unspecified atom stereocenters. The van der Waals surface area contributed by atoms with Crippen LogP contribution in [0.25, 0.3) is 0 Å². The Bertz CT molecular complexity index is 1300. The Morgan fingerprint density at radius 2 is 1.73 bits per heavy atom. The largest absolute Gasteiger partial charge is 0.457 e. The fraction of sp³-hybridized carbons (Fsp3) is 0.975. The molecule has 2 spiro atoms. The number of nitrogens with zero attached hydrogens (tertiary/aromatic N) is 1. The van der Waals surface area contributed by atoms with Crippen molar-refractivity contribution in [3.8, 4) is 0 Å². The van der Waals surface area contributed by atoms with E-state index in [4.69, 9.17) is 28.4 Å². The predicted molar refractivity (Wildman–Crippen MR) is 184 cm³/mol. The number of hydrogen-bond donors (Lipinski definition) is 1. The number of hydrogen-bond acceptors (Lipinski definition) is 9. The van der Waals surface area contributed by atoms with E-state index in [9.17, 15) is 9.90 Å². The smallest absolute Gasteiger partial charge is 0.303 e. The fourth-order valence-electron chi connectivity index (χ4n) is 14.6. The van der Waals surface area contributed by atoms with E-state index in [1.807, 2.05) is 7.11 Å². The molecule has 1 N–H and O–H groups in total.